The maximum absolute atomic E-state index is 12.5. The van der Waals surface area contributed by atoms with Crippen LogP contribution in [0.2, 0.25) is 10.0 Å². The number of halogens is 2. The predicted octanol–water partition coefficient (Wildman–Crippen LogP) is 4.29. The number of hydrogen-bond donors (Lipinski definition) is 2. The highest BCUT2D eigenvalue weighted by atomic mass is 35.5. The van der Waals surface area contributed by atoms with Gasteiger partial charge >= 0.3 is 0 Å². The third kappa shape index (κ3) is 4.71. The molecule has 0 aliphatic carbocycles. The zero-order valence-electron chi connectivity index (χ0n) is 13.9. The summed E-state index contributed by atoms with van der Waals surface area (Å²) in [5, 5.41) is 16.5. The Hall–Kier alpha value is -2.64. The lowest BCUT2D eigenvalue weighted by Crippen LogP contribution is -2.31. The van der Waals surface area contributed by atoms with Gasteiger partial charge < -0.3 is 10.6 Å². The van der Waals surface area contributed by atoms with Crippen molar-refractivity contribution in [2.45, 2.75) is 19.9 Å². The number of amides is 2. The fourth-order valence-electron chi connectivity index (χ4n) is 2.15. The molecule has 0 bridgehead atoms. The number of nitro groups is 1. The zero-order chi connectivity index (χ0) is 19.4. The Morgan fingerprint density at radius 1 is 1.04 bits per heavy atom. The monoisotopic (exact) mass is 395 g/mol. The van der Waals surface area contributed by atoms with E-state index in [2.05, 4.69) is 10.6 Å². The fourth-order valence-corrected chi connectivity index (χ4v) is 2.52. The molecule has 2 N–H and O–H groups in total. The molecule has 0 spiro atoms. The third-order valence-corrected chi connectivity index (χ3v) is 3.86. The predicted molar refractivity (Wildman–Crippen MR) is 100 cm³/mol. The van der Waals surface area contributed by atoms with E-state index in [1.54, 1.807) is 13.8 Å². The van der Waals surface area contributed by atoms with Gasteiger partial charge in [0.1, 0.15) is 0 Å². The first-order valence-electron chi connectivity index (χ1n) is 7.54. The first-order chi connectivity index (χ1) is 12.2. The topological polar surface area (TPSA) is 101 Å². The van der Waals surface area contributed by atoms with Gasteiger partial charge in [-0.25, -0.2) is 0 Å². The molecular weight excluding hydrogens is 381 g/mol. The summed E-state index contributed by atoms with van der Waals surface area (Å²) in [6.45, 7) is 3.60. The lowest BCUT2D eigenvalue weighted by Gasteiger charge is -2.14. The Balaban J connectivity index is 2.37. The van der Waals surface area contributed by atoms with Crippen LogP contribution >= 0.6 is 23.2 Å². The summed E-state index contributed by atoms with van der Waals surface area (Å²) in [6, 6.07) is 7.83. The molecule has 7 nitrogen and oxygen atoms in total. The zero-order valence-corrected chi connectivity index (χ0v) is 15.4. The van der Waals surface area contributed by atoms with E-state index in [1.165, 1.54) is 30.3 Å². The van der Waals surface area contributed by atoms with Crippen LogP contribution in [0.5, 0.6) is 0 Å². The van der Waals surface area contributed by atoms with Crippen molar-refractivity contribution < 1.29 is 14.5 Å². The molecule has 0 aromatic heterocycles. The first-order valence-corrected chi connectivity index (χ1v) is 8.30. The van der Waals surface area contributed by atoms with Crippen LogP contribution in [-0.4, -0.2) is 22.8 Å². The van der Waals surface area contributed by atoms with E-state index < -0.39 is 16.7 Å². The van der Waals surface area contributed by atoms with Crippen molar-refractivity contribution in [2.24, 2.45) is 0 Å². The molecule has 136 valence electrons. The normalized spacial score (nSPS) is 10.5. The molecule has 0 saturated carbocycles. The highest BCUT2D eigenvalue weighted by Crippen LogP contribution is 2.26. The molecule has 26 heavy (non-hydrogen) atoms. The van der Waals surface area contributed by atoms with Gasteiger partial charge in [-0.15, -0.1) is 0 Å². The summed E-state index contributed by atoms with van der Waals surface area (Å²) < 4.78 is 0. The maximum atomic E-state index is 12.5. The van der Waals surface area contributed by atoms with Crippen molar-refractivity contribution in [3.8, 4) is 0 Å². The van der Waals surface area contributed by atoms with E-state index in [0.29, 0.717) is 5.02 Å². The molecule has 0 aliphatic rings. The van der Waals surface area contributed by atoms with Crippen molar-refractivity contribution in [2.75, 3.05) is 5.32 Å². The number of nitrogens with zero attached hydrogens (tertiary/aromatic N) is 1. The van der Waals surface area contributed by atoms with Crippen molar-refractivity contribution in [3.05, 3.63) is 67.7 Å². The smallest absolute Gasteiger partial charge is 0.270 e. The van der Waals surface area contributed by atoms with E-state index in [9.17, 15) is 19.7 Å². The molecule has 0 atom stereocenters. The largest absolute Gasteiger partial charge is 0.350 e. The lowest BCUT2D eigenvalue weighted by atomic mass is 10.1. The van der Waals surface area contributed by atoms with Crippen LogP contribution in [0.1, 0.15) is 34.6 Å². The van der Waals surface area contributed by atoms with Crippen molar-refractivity contribution >= 4 is 46.4 Å². The number of nitro benzene ring substituents is 1. The number of nitrogens with one attached hydrogen (secondary N) is 2. The van der Waals surface area contributed by atoms with Gasteiger partial charge in [-0.2, -0.15) is 0 Å². The first kappa shape index (κ1) is 19.7. The Morgan fingerprint density at radius 3 is 2.35 bits per heavy atom. The summed E-state index contributed by atoms with van der Waals surface area (Å²) in [6.07, 6.45) is 0. The number of carbonyl (C=O) groups excluding carboxylic acids is 2. The number of non-ortho nitro benzene ring substituents is 1. The maximum Gasteiger partial charge on any atom is 0.270 e. The number of carbonyl (C=O) groups is 2. The number of benzene rings is 2. The minimum Gasteiger partial charge on any atom is -0.350 e. The van der Waals surface area contributed by atoms with Gasteiger partial charge in [0.15, 0.2) is 0 Å². The Labute approximate surface area is 159 Å². The SMILES string of the molecule is CC(C)NC(=O)c1ccc(Cl)cc1NC(=O)c1cc([N+](=O)[O-])ccc1Cl. The number of rotatable bonds is 5. The molecular formula is C17H15Cl2N3O4. The minimum absolute atomic E-state index is 0.0447. The highest BCUT2D eigenvalue weighted by Gasteiger charge is 2.19. The Morgan fingerprint density at radius 2 is 1.73 bits per heavy atom. The third-order valence-electron chi connectivity index (χ3n) is 3.30. The molecule has 2 aromatic rings. The number of anilines is 1. The summed E-state index contributed by atoms with van der Waals surface area (Å²) in [5.41, 5.74) is 0.0145. The second-order valence-corrected chi connectivity index (χ2v) is 6.54. The second kappa shape index (κ2) is 8.16. The molecule has 0 fully saturated rings. The molecule has 2 amide bonds. The average molecular weight is 396 g/mol. The van der Waals surface area contributed by atoms with Gasteiger partial charge in [0.05, 0.1) is 26.8 Å². The molecule has 0 radical (unpaired) electrons. The molecule has 0 heterocycles. The Kier molecular flexibility index (Phi) is 6.18. The molecule has 2 rings (SSSR count). The fraction of sp³-hybridized carbons (Fsp3) is 0.176. The van der Waals surface area contributed by atoms with E-state index in [-0.39, 0.29) is 33.6 Å². The van der Waals surface area contributed by atoms with E-state index >= 15 is 0 Å². The summed E-state index contributed by atoms with van der Waals surface area (Å²) in [5.74, 6) is -1.09. The van der Waals surface area contributed by atoms with Crippen LogP contribution in [-0.2, 0) is 0 Å². The van der Waals surface area contributed by atoms with Crippen LogP contribution in [0.4, 0.5) is 11.4 Å². The standard InChI is InChI=1S/C17H15Cl2N3O4/c1-9(2)20-16(23)12-5-3-10(18)7-15(12)21-17(24)13-8-11(22(25)26)4-6-14(13)19/h3-9H,1-2H3,(H,20,23)(H,21,24). The van der Waals surface area contributed by atoms with Gasteiger partial charge in [-0.1, -0.05) is 23.2 Å². The molecule has 9 heteroatoms. The van der Waals surface area contributed by atoms with Crippen LogP contribution in [0.25, 0.3) is 0 Å². The lowest BCUT2D eigenvalue weighted by molar-refractivity contribution is -0.384. The number of hydrogen-bond acceptors (Lipinski definition) is 4. The van der Waals surface area contributed by atoms with Gasteiger partial charge in [0.2, 0.25) is 0 Å². The molecule has 0 unspecified atom stereocenters. The van der Waals surface area contributed by atoms with Crippen molar-refractivity contribution in [1.29, 1.82) is 0 Å². The van der Waals surface area contributed by atoms with Crippen molar-refractivity contribution in [1.82, 2.24) is 5.32 Å². The van der Waals surface area contributed by atoms with Gasteiger partial charge in [0, 0.05) is 23.2 Å². The van der Waals surface area contributed by atoms with Crippen LogP contribution in [0, 0.1) is 10.1 Å². The summed E-state index contributed by atoms with van der Waals surface area (Å²) in [7, 11) is 0. The highest BCUT2D eigenvalue weighted by molar-refractivity contribution is 6.34. The van der Waals surface area contributed by atoms with E-state index in [0.717, 1.165) is 6.07 Å². The van der Waals surface area contributed by atoms with Crippen LogP contribution < -0.4 is 10.6 Å². The van der Waals surface area contributed by atoms with Crippen molar-refractivity contribution in [3.63, 3.8) is 0 Å². The van der Waals surface area contributed by atoms with E-state index in [4.69, 9.17) is 23.2 Å². The second-order valence-electron chi connectivity index (χ2n) is 5.69. The molecule has 0 saturated heterocycles. The van der Waals surface area contributed by atoms with E-state index in [1.807, 2.05) is 0 Å². The average Bonchev–Trinajstić information content (AvgIpc) is 2.54. The van der Waals surface area contributed by atoms with Gasteiger partial charge in [0.25, 0.3) is 17.5 Å². The molecule has 0 aliphatic heterocycles. The van der Waals surface area contributed by atoms with Crippen LogP contribution in [0.15, 0.2) is 36.4 Å². The molecule has 2 aromatic carbocycles. The van der Waals surface area contributed by atoms with Gasteiger partial charge in [-0.3, -0.25) is 19.7 Å². The van der Waals surface area contributed by atoms with Crippen LogP contribution in [0.3, 0.4) is 0 Å². The van der Waals surface area contributed by atoms with Gasteiger partial charge in [-0.05, 0) is 38.1 Å². The minimum atomic E-state index is -0.695. The summed E-state index contributed by atoms with van der Waals surface area (Å²) in [4.78, 5) is 35.1. The quantitative estimate of drug-likeness (QED) is 0.581. The Bertz CT molecular complexity index is 884. The summed E-state index contributed by atoms with van der Waals surface area (Å²) >= 11 is 11.9.